The molecule has 1 aromatic heterocycles. The summed E-state index contributed by atoms with van der Waals surface area (Å²) in [6, 6.07) is 5.74. The molecule has 8 nitrogen and oxygen atoms in total. The van der Waals surface area contributed by atoms with Crippen molar-refractivity contribution in [1.82, 2.24) is 15.2 Å². The summed E-state index contributed by atoms with van der Waals surface area (Å²) >= 11 is 0. The van der Waals surface area contributed by atoms with Gasteiger partial charge >= 0.3 is 5.97 Å². The highest BCUT2D eigenvalue weighted by molar-refractivity contribution is 5.99. The summed E-state index contributed by atoms with van der Waals surface area (Å²) in [7, 11) is 1.33. The van der Waals surface area contributed by atoms with E-state index in [-0.39, 0.29) is 5.56 Å². The summed E-state index contributed by atoms with van der Waals surface area (Å²) in [6.45, 7) is 0.954. The Kier molecular flexibility index (Phi) is 4.98. The minimum Gasteiger partial charge on any atom is -0.480 e. The first-order chi connectivity index (χ1) is 11.3. The fraction of sp³-hybridized carbons (Fsp3) is 0.250. The van der Waals surface area contributed by atoms with Gasteiger partial charge in [0.2, 0.25) is 11.3 Å². The second kappa shape index (κ2) is 6.95. The second-order valence-corrected chi connectivity index (χ2v) is 5.28. The normalized spacial score (nSPS) is 11.8. The highest BCUT2D eigenvalue weighted by Crippen LogP contribution is 2.06. The summed E-state index contributed by atoms with van der Waals surface area (Å²) in [5.74, 6) is -2.43. The van der Waals surface area contributed by atoms with Crippen LogP contribution in [0.25, 0.3) is 10.9 Å². The van der Waals surface area contributed by atoms with Crippen molar-refractivity contribution >= 4 is 28.7 Å². The molecule has 0 saturated heterocycles. The predicted molar refractivity (Wildman–Crippen MR) is 86.8 cm³/mol. The van der Waals surface area contributed by atoms with Crippen LogP contribution >= 0.6 is 0 Å². The van der Waals surface area contributed by atoms with E-state index in [9.17, 15) is 19.2 Å². The fourth-order valence-electron chi connectivity index (χ4n) is 2.09. The standard InChI is InChI=1S/C16H17N3O5/c1-9(16(23)24)19(2)13(20)8-18-15(22)11-7-17-12-6-4-3-5-10(12)14(11)21/h3-7,9H,8H2,1-2H3,(H,17,21)(H,18,22)(H,23,24). The van der Waals surface area contributed by atoms with Gasteiger partial charge in [0.15, 0.2) is 0 Å². The predicted octanol–water partition coefficient (Wildman–Crippen LogP) is 0.189. The maximum Gasteiger partial charge on any atom is 0.326 e. The fourth-order valence-corrected chi connectivity index (χ4v) is 2.09. The number of likely N-dealkylation sites (N-methyl/N-ethyl adjacent to an activating group) is 1. The van der Waals surface area contributed by atoms with Gasteiger partial charge in [0.25, 0.3) is 5.91 Å². The Labute approximate surface area is 137 Å². The Bertz CT molecular complexity index is 858. The van der Waals surface area contributed by atoms with Gasteiger partial charge in [-0.3, -0.25) is 14.4 Å². The number of para-hydroxylation sites is 1. The maximum atomic E-state index is 12.3. The van der Waals surface area contributed by atoms with E-state index < -0.39 is 35.8 Å². The Morgan fingerprint density at radius 3 is 2.62 bits per heavy atom. The van der Waals surface area contributed by atoms with Gasteiger partial charge in [-0.25, -0.2) is 4.79 Å². The number of aliphatic carboxylic acids is 1. The van der Waals surface area contributed by atoms with Crippen LogP contribution in [0.3, 0.4) is 0 Å². The molecule has 0 aliphatic carbocycles. The molecule has 1 atom stereocenters. The highest BCUT2D eigenvalue weighted by atomic mass is 16.4. The topological polar surface area (TPSA) is 120 Å². The molecular formula is C16H17N3O5. The van der Waals surface area contributed by atoms with E-state index in [4.69, 9.17) is 5.11 Å². The summed E-state index contributed by atoms with van der Waals surface area (Å²) in [6.07, 6.45) is 1.29. The number of H-pyrrole nitrogens is 1. The first kappa shape index (κ1) is 17.2. The van der Waals surface area contributed by atoms with E-state index >= 15 is 0 Å². The van der Waals surface area contributed by atoms with Crippen LogP contribution in [0, 0.1) is 0 Å². The van der Waals surface area contributed by atoms with Crippen LogP contribution < -0.4 is 10.7 Å². The molecule has 0 aliphatic heterocycles. The quantitative estimate of drug-likeness (QED) is 0.722. The Balaban J connectivity index is 2.11. The maximum absolute atomic E-state index is 12.3. The molecule has 1 aromatic carbocycles. The number of pyridine rings is 1. The van der Waals surface area contributed by atoms with E-state index in [1.54, 1.807) is 24.3 Å². The van der Waals surface area contributed by atoms with Crippen molar-refractivity contribution in [3.05, 3.63) is 46.2 Å². The van der Waals surface area contributed by atoms with Gasteiger partial charge in [-0.1, -0.05) is 12.1 Å². The van der Waals surface area contributed by atoms with Crippen LogP contribution in [0.1, 0.15) is 17.3 Å². The van der Waals surface area contributed by atoms with Crippen molar-refractivity contribution in [3.63, 3.8) is 0 Å². The number of nitrogens with one attached hydrogen (secondary N) is 2. The zero-order chi connectivity index (χ0) is 17.9. The van der Waals surface area contributed by atoms with Crippen molar-refractivity contribution in [2.24, 2.45) is 0 Å². The largest absolute Gasteiger partial charge is 0.480 e. The van der Waals surface area contributed by atoms with E-state index in [2.05, 4.69) is 10.3 Å². The van der Waals surface area contributed by atoms with Gasteiger partial charge < -0.3 is 20.3 Å². The van der Waals surface area contributed by atoms with Gasteiger partial charge in [0.1, 0.15) is 11.6 Å². The van der Waals surface area contributed by atoms with Crippen LogP contribution in [0.5, 0.6) is 0 Å². The second-order valence-electron chi connectivity index (χ2n) is 5.28. The summed E-state index contributed by atoms with van der Waals surface area (Å²) < 4.78 is 0. The van der Waals surface area contributed by atoms with Gasteiger partial charge in [-0.2, -0.15) is 0 Å². The van der Waals surface area contributed by atoms with Gasteiger partial charge in [-0.15, -0.1) is 0 Å². The molecule has 0 spiro atoms. The minimum absolute atomic E-state index is 0.115. The van der Waals surface area contributed by atoms with Crippen molar-refractivity contribution < 1.29 is 19.5 Å². The molecule has 1 heterocycles. The molecule has 0 aliphatic rings. The third-order valence-electron chi connectivity index (χ3n) is 3.76. The number of nitrogens with zero attached hydrogens (tertiary/aromatic N) is 1. The lowest BCUT2D eigenvalue weighted by molar-refractivity contribution is -0.147. The smallest absolute Gasteiger partial charge is 0.326 e. The number of hydrogen-bond acceptors (Lipinski definition) is 4. The Hall–Kier alpha value is -3.16. The molecule has 8 heteroatoms. The van der Waals surface area contributed by atoms with E-state index in [0.717, 1.165) is 4.90 Å². The third-order valence-corrected chi connectivity index (χ3v) is 3.76. The van der Waals surface area contributed by atoms with Crippen LogP contribution in [0.15, 0.2) is 35.3 Å². The first-order valence-electron chi connectivity index (χ1n) is 7.20. The van der Waals surface area contributed by atoms with Crippen LogP contribution in [0.4, 0.5) is 0 Å². The van der Waals surface area contributed by atoms with Crippen molar-refractivity contribution in [2.45, 2.75) is 13.0 Å². The van der Waals surface area contributed by atoms with E-state index in [0.29, 0.717) is 10.9 Å². The summed E-state index contributed by atoms with van der Waals surface area (Å²) in [5.41, 5.74) is 0.0436. The minimum atomic E-state index is -1.15. The highest BCUT2D eigenvalue weighted by Gasteiger charge is 2.22. The zero-order valence-corrected chi connectivity index (χ0v) is 13.2. The molecule has 24 heavy (non-hydrogen) atoms. The van der Waals surface area contributed by atoms with E-state index in [1.165, 1.54) is 20.2 Å². The van der Waals surface area contributed by atoms with E-state index in [1.807, 2.05) is 0 Å². The number of aromatic nitrogens is 1. The molecule has 126 valence electrons. The molecule has 2 amide bonds. The number of benzene rings is 1. The number of fused-ring (bicyclic) bond motifs is 1. The molecule has 2 aromatic rings. The number of carbonyl (C=O) groups excluding carboxylic acids is 2. The number of hydrogen-bond donors (Lipinski definition) is 3. The molecule has 3 N–H and O–H groups in total. The number of rotatable bonds is 5. The van der Waals surface area contributed by atoms with Crippen molar-refractivity contribution in [1.29, 1.82) is 0 Å². The Morgan fingerprint density at radius 2 is 1.96 bits per heavy atom. The number of carboxylic acid groups (broad SMARTS) is 1. The Morgan fingerprint density at radius 1 is 1.29 bits per heavy atom. The molecule has 0 saturated carbocycles. The lowest BCUT2D eigenvalue weighted by atomic mass is 10.1. The van der Waals surface area contributed by atoms with Gasteiger partial charge in [-0.05, 0) is 19.1 Å². The lowest BCUT2D eigenvalue weighted by Gasteiger charge is -2.21. The first-order valence-corrected chi connectivity index (χ1v) is 7.20. The van der Waals surface area contributed by atoms with Gasteiger partial charge in [0, 0.05) is 24.1 Å². The van der Waals surface area contributed by atoms with Crippen LogP contribution in [0.2, 0.25) is 0 Å². The average Bonchev–Trinajstić information content (AvgIpc) is 2.58. The number of carboxylic acids is 1. The lowest BCUT2D eigenvalue weighted by Crippen LogP contribution is -2.45. The SMILES string of the molecule is CC(C(=O)O)N(C)C(=O)CNC(=O)c1c[nH]c2ccccc2c1=O. The summed E-state index contributed by atoms with van der Waals surface area (Å²) in [4.78, 5) is 51.0. The molecule has 0 radical (unpaired) electrons. The molecule has 0 bridgehead atoms. The zero-order valence-electron chi connectivity index (χ0n) is 13.2. The van der Waals surface area contributed by atoms with Crippen molar-refractivity contribution in [2.75, 3.05) is 13.6 Å². The monoisotopic (exact) mass is 331 g/mol. The summed E-state index contributed by atoms with van der Waals surface area (Å²) in [5, 5.41) is 11.6. The number of aromatic amines is 1. The molecular weight excluding hydrogens is 314 g/mol. The molecule has 0 fully saturated rings. The number of amides is 2. The average molecular weight is 331 g/mol. The number of carbonyl (C=O) groups is 3. The molecule has 2 rings (SSSR count). The van der Waals surface area contributed by atoms with Crippen LogP contribution in [-0.2, 0) is 9.59 Å². The van der Waals surface area contributed by atoms with Gasteiger partial charge in [0.05, 0.1) is 6.54 Å². The van der Waals surface area contributed by atoms with Crippen LogP contribution in [-0.4, -0.2) is 52.4 Å². The molecule has 1 unspecified atom stereocenters. The van der Waals surface area contributed by atoms with Crippen molar-refractivity contribution in [3.8, 4) is 0 Å². The third kappa shape index (κ3) is 3.43.